The van der Waals surface area contributed by atoms with Gasteiger partial charge in [0.1, 0.15) is 60.7 Å². The van der Waals surface area contributed by atoms with Crippen molar-refractivity contribution in [2.45, 2.75) is 185 Å². The van der Waals surface area contributed by atoms with E-state index in [9.17, 15) is 45.3 Å². The number of carbonyl (C=O) groups excluding carboxylic acids is 2. The van der Waals surface area contributed by atoms with E-state index in [0.717, 1.165) is 44.9 Å². The summed E-state index contributed by atoms with van der Waals surface area (Å²) < 4.78 is 29.2. The fraction of sp³-hybridized carbons (Fsp3) is 0.941. The monoisotopic (exact) mass is 707 g/mol. The minimum absolute atomic E-state index is 0.221. The maximum atomic E-state index is 13.0. The summed E-state index contributed by atoms with van der Waals surface area (Å²) >= 11 is 0. The van der Waals surface area contributed by atoms with Crippen LogP contribution in [0.2, 0.25) is 0 Å². The first-order valence-corrected chi connectivity index (χ1v) is 17.8. The van der Waals surface area contributed by atoms with Gasteiger partial charge in [-0.05, 0) is 32.1 Å². The normalized spacial score (nSPS) is 38.7. The Hall–Kier alpha value is -1.34. The van der Waals surface area contributed by atoms with Gasteiger partial charge in [-0.1, -0.05) is 59.3 Å². The molecule has 0 aliphatic carbocycles. The first kappa shape index (κ1) is 42.1. The van der Waals surface area contributed by atoms with Crippen molar-refractivity contribution >= 4 is 11.7 Å². The molecule has 3 rings (SSSR count). The molecule has 3 fully saturated rings. The van der Waals surface area contributed by atoms with Crippen molar-refractivity contribution in [2.75, 3.05) is 13.2 Å². The van der Waals surface area contributed by atoms with Crippen LogP contribution in [0.3, 0.4) is 0 Å². The number of Topliss-reactive ketones (excluding diaryl/α,β-unsaturated/α-hetero) is 1. The number of amides is 1. The lowest BCUT2D eigenvalue weighted by Crippen LogP contribution is -2.69. The smallest absolute Gasteiger partial charge is 0.220 e. The summed E-state index contributed by atoms with van der Waals surface area (Å²) in [5.41, 5.74) is -0.642. The molecule has 0 aromatic carbocycles. The van der Waals surface area contributed by atoms with Gasteiger partial charge in [0.05, 0.1) is 31.5 Å². The number of aliphatic hydroxyl groups is 7. The molecule has 286 valence electrons. The van der Waals surface area contributed by atoms with Gasteiger partial charge in [-0.15, -0.1) is 0 Å². The molecule has 8 N–H and O–H groups in total. The summed E-state index contributed by atoms with van der Waals surface area (Å²) in [6, 6.07) is -1.04. The van der Waals surface area contributed by atoms with Crippen LogP contribution in [0, 0.1) is 5.41 Å². The number of ketones is 1. The number of carbonyl (C=O) groups is 2. The van der Waals surface area contributed by atoms with E-state index in [-0.39, 0.29) is 24.7 Å². The van der Waals surface area contributed by atoms with Crippen LogP contribution in [-0.2, 0) is 33.3 Å². The quantitative estimate of drug-likeness (QED) is 0.0916. The van der Waals surface area contributed by atoms with Gasteiger partial charge in [-0.3, -0.25) is 4.79 Å². The molecule has 14 atom stereocenters. The second-order valence-electron chi connectivity index (χ2n) is 14.9. The third-order valence-corrected chi connectivity index (χ3v) is 9.58. The van der Waals surface area contributed by atoms with E-state index in [1.165, 1.54) is 6.92 Å². The molecule has 1 amide bonds. The number of hydrogen-bond acceptors (Lipinski definition) is 14. The molecule has 3 aliphatic rings. The van der Waals surface area contributed by atoms with Crippen LogP contribution in [0.1, 0.15) is 98.8 Å². The highest BCUT2D eigenvalue weighted by Crippen LogP contribution is 2.37. The fourth-order valence-corrected chi connectivity index (χ4v) is 6.63. The summed E-state index contributed by atoms with van der Waals surface area (Å²) in [6.45, 7) is 7.89. The van der Waals surface area contributed by atoms with Crippen molar-refractivity contribution < 1.29 is 69.0 Å². The average molecular weight is 708 g/mol. The molecule has 0 spiro atoms. The standard InChI is InChI=1S/C34H61NO14/c1-18(37)14-12-10-8-6-7-9-11-13-15-22(39)35-23-21(16-36)47-31(34(3,4)5)30(25(23)41)49-33-28(44)26(42)29(19(2)46-33)48-32-27(43)24(40)20(38)17-45-32/h19-21,23-33,36,38,40-44H,6-17H2,1-5H3,(H,35,39)/t19?,20-,21-,23+,24?,25?,26?,27?,28?,29+,30?,31-,32+,33+/m1/s1. The highest BCUT2D eigenvalue weighted by Gasteiger charge is 2.54. The minimum Gasteiger partial charge on any atom is -0.394 e. The van der Waals surface area contributed by atoms with Gasteiger partial charge in [0, 0.05) is 12.8 Å². The van der Waals surface area contributed by atoms with Gasteiger partial charge in [0.2, 0.25) is 5.91 Å². The molecule has 15 nitrogen and oxygen atoms in total. The Morgan fingerprint density at radius 1 is 0.735 bits per heavy atom. The Bertz CT molecular complexity index is 1010. The lowest BCUT2D eigenvalue weighted by molar-refractivity contribution is -0.361. The average Bonchev–Trinajstić information content (AvgIpc) is 3.03. The van der Waals surface area contributed by atoms with Crippen molar-refractivity contribution in [3.05, 3.63) is 0 Å². The second-order valence-corrected chi connectivity index (χ2v) is 14.9. The lowest BCUT2D eigenvalue weighted by atomic mass is 9.79. The predicted molar refractivity (Wildman–Crippen MR) is 174 cm³/mol. The van der Waals surface area contributed by atoms with E-state index in [0.29, 0.717) is 12.8 Å². The van der Waals surface area contributed by atoms with E-state index < -0.39 is 97.8 Å². The predicted octanol–water partition coefficient (Wildman–Crippen LogP) is -0.196. The van der Waals surface area contributed by atoms with Crippen molar-refractivity contribution in [1.29, 1.82) is 0 Å². The van der Waals surface area contributed by atoms with E-state index >= 15 is 0 Å². The summed E-state index contributed by atoms with van der Waals surface area (Å²) in [5, 5.41) is 76.6. The summed E-state index contributed by atoms with van der Waals surface area (Å²) in [6.07, 6.45) is -8.65. The maximum Gasteiger partial charge on any atom is 0.220 e. The number of hydrogen-bond donors (Lipinski definition) is 8. The van der Waals surface area contributed by atoms with Crippen LogP contribution in [0.5, 0.6) is 0 Å². The zero-order valence-corrected chi connectivity index (χ0v) is 29.6. The van der Waals surface area contributed by atoms with Gasteiger partial charge < -0.3 is 69.5 Å². The van der Waals surface area contributed by atoms with Crippen molar-refractivity contribution in [2.24, 2.45) is 5.41 Å². The Kier molecular flexibility index (Phi) is 16.7. The molecule has 3 aliphatic heterocycles. The van der Waals surface area contributed by atoms with Gasteiger partial charge in [-0.25, -0.2) is 0 Å². The molecule has 0 saturated carbocycles. The van der Waals surface area contributed by atoms with Crippen LogP contribution in [0.25, 0.3) is 0 Å². The zero-order chi connectivity index (χ0) is 36.5. The molecular weight excluding hydrogens is 646 g/mol. The second kappa shape index (κ2) is 19.5. The largest absolute Gasteiger partial charge is 0.394 e. The maximum absolute atomic E-state index is 13.0. The number of ether oxygens (including phenoxy) is 5. The Labute approximate surface area is 289 Å². The number of rotatable bonds is 17. The topological polar surface area (TPSA) is 234 Å². The third-order valence-electron chi connectivity index (χ3n) is 9.58. The van der Waals surface area contributed by atoms with E-state index in [1.807, 2.05) is 20.8 Å². The van der Waals surface area contributed by atoms with Crippen molar-refractivity contribution in [1.82, 2.24) is 5.32 Å². The molecule has 15 heteroatoms. The van der Waals surface area contributed by atoms with Crippen LogP contribution >= 0.6 is 0 Å². The molecule has 0 aromatic heterocycles. The minimum atomic E-state index is -1.70. The lowest BCUT2D eigenvalue weighted by Gasteiger charge is -2.51. The Balaban J connectivity index is 1.58. The van der Waals surface area contributed by atoms with Gasteiger partial charge in [-0.2, -0.15) is 0 Å². The summed E-state index contributed by atoms with van der Waals surface area (Å²) in [5.74, 6) is -0.0924. The molecule has 3 saturated heterocycles. The highest BCUT2D eigenvalue weighted by molar-refractivity contribution is 5.76. The number of nitrogens with one attached hydrogen (secondary N) is 1. The zero-order valence-electron chi connectivity index (χ0n) is 29.6. The molecule has 0 bridgehead atoms. The van der Waals surface area contributed by atoms with Crippen molar-refractivity contribution in [3.8, 4) is 0 Å². The third kappa shape index (κ3) is 11.8. The van der Waals surface area contributed by atoms with Gasteiger partial charge in [0.25, 0.3) is 0 Å². The van der Waals surface area contributed by atoms with Gasteiger partial charge in [0.15, 0.2) is 12.6 Å². The molecular formula is C34H61NO14. The van der Waals surface area contributed by atoms with Gasteiger partial charge >= 0.3 is 0 Å². The first-order valence-electron chi connectivity index (χ1n) is 17.8. The van der Waals surface area contributed by atoms with Crippen molar-refractivity contribution in [3.63, 3.8) is 0 Å². The molecule has 3 heterocycles. The Morgan fingerprint density at radius 2 is 1.29 bits per heavy atom. The van der Waals surface area contributed by atoms with E-state index in [2.05, 4.69) is 5.32 Å². The molecule has 0 radical (unpaired) electrons. The number of aliphatic hydroxyl groups excluding tert-OH is 7. The van der Waals surface area contributed by atoms with Crippen LogP contribution in [0.4, 0.5) is 0 Å². The molecule has 49 heavy (non-hydrogen) atoms. The summed E-state index contributed by atoms with van der Waals surface area (Å²) in [7, 11) is 0. The summed E-state index contributed by atoms with van der Waals surface area (Å²) in [4.78, 5) is 24.0. The fourth-order valence-electron chi connectivity index (χ4n) is 6.63. The van der Waals surface area contributed by atoms with Crippen LogP contribution in [0.15, 0.2) is 0 Å². The van der Waals surface area contributed by atoms with E-state index in [4.69, 9.17) is 23.7 Å². The highest BCUT2D eigenvalue weighted by atomic mass is 16.7. The Morgan fingerprint density at radius 3 is 1.86 bits per heavy atom. The van der Waals surface area contributed by atoms with E-state index in [1.54, 1.807) is 6.92 Å². The SMILES string of the molecule is CC(=O)CCCCCCCCCCC(=O)N[C@@H]1C(O)C(O[C@@H]2OC(C)[C@H](O[C@@H]3OC[C@@H](O)C(O)C3O)C(O)C2O)[C@H](C(C)(C)C)O[C@@H]1CO. The number of unbranched alkanes of at least 4 members (excludes halogenated alkanes) is 7. The first-order chi connectivity index (χ1) is 23.1. The molecule has 0 aromatic rings. The molecule has 7 unspecified atom stereocenters. The van der Waals surface area contributed by atoms with Crippen LogP contribution < -0.4 is 5.32 Å². The van der Waals surface area contributed by atoms with Crippen LogP contribution in [-0.4, -0.2) is 146 Å².